The Hall–Kier alpha value is -2.25. The van der Waals surface area contributed by atoms with Gasteiger partial charge < -0.3 is 4.74 Å². The maximum absolute atomic E-state index is 12.8. The molecule has 0 atom stereocenters. The normalized spacial score (nSPS) is 13.1. The third kappa shape index (κ3) is 5.87. The summed E-state index contributed by atoms with van der Waals surface area (Å²) in [5.74, 6) is -0.333. The molecule has 2 aromatic carbocycles. The molecule has 148 valence electrons. The van der Waals surface area contributed by atoms with Crippen molar-refractivity contribution in [3.05, 3.63) is 75.8 Å². The number of benzene rings is 2. The fraction of sp³-hybridized carbons (Fsp3) is 0.238. The Morgan fingerprint density at radius 3 is 2.21 bits per heavy atom. The SMILES string of the molecule is CCOC(=N\S(=O)(=O)c1ccc(C)cc1)/C(Cc1ccccc1)=C(/Br)C(C)=O. The van der Waals surface area contributed by atoms with E-state index in [1.807, 2.05) is 37.3 Å². The van der Waals surface area contributed by atoms with Crippen molar-refractivity contribution in [2.75, 3.05) is 6.61 Å². The molecule has 2 rings (SSSR count). The lowest BCUT2D eigenvalue weighted by Crippen LogP contribution is -2.16. The summed E-state index contributed by atoms with van der Waals surface area (Å²) in [5.41, 5.74) is 2.23. The van der Waals surface area contributed by atoms with Crippen LogP contribution in [0.15, 0.2) is 73.9 Å². The zero-order valence-corrected chi connectivity index (χ0v) is 18.4. The number of ether oxygens (including phenoxy) is 1. The molecule has 0 heterocycles. The summed E-state index contributed by atoms with van der Waals surface area (Å²) in [5, 5.41) is 0. The minimum Gasteiger partial charge on any atom is -0.477 e. The van der Waals surface area contributed by atoms with E-state index in [0.29, 0.717) is 12.0 Å². The average molecular weight is 464 g/mol. The van der Waals surface area contributed by atoms with Gasteiger partial charge in [-0.05, 0) is 54.4 Å². The molecular weight excluding hydrogens is 442 g/mol. The molecule has 7 heteroatoms. The first-order valence-electron chi connectivity index (χ1n) is 8.73. The quantitative estimate of drug-likeness (QED) is 0.341. The summed E-state index contributed by atoms with van der Waals surface area (Å²) in [7, 11) is -4.00. The molecule has 0 unspecified atom stereocenters. The van der Waals surface area contributed by atoms with Gasteiger partial charge in [0.2, 0.25) is 5.90 Å². The van der Waals surface area contributed by atoms with E-state index in [9.17, 15) is 13.2 Å². The molecule has 0 amide bonds. The van der Waals surface area contributed by atoms with Gasteiger partial charge in [0.15, 0.2) is 5.78 Å². The zero-order chi connectivity index (χ0) is 20.7. The number of hydrogen-bond acceptors (Lipinski definition) is 4. The minimum absolute atomic E-state index is 0.0633. The van der Waals surface area contributed by atoms with E-state index in [2.05, 4.69) is 20.3 Å². The van der Waals surface area contributed by atoms with Crippen LogP contribution >= 0.6 is 15.9 Å². The van der Waals surface area contributed by atoms with Gasteiger partial charge in [-0.15, -0.1) is 4.40 Å². The van der Waals surface area contributed by atoms with E-state index >= 15 is 0 Å². The molecule has 0 saturated carbocycles. The third-order valence-electron chi connectivity index (χ3n) is 3.86. The van der Waals surface area contributed by atoms with Crippen molar-refractivity contribution in [2.45, 2.75) is 32.1 Å². The van der Waals surface area contributed by atoms with Crippen LogP contribution in [0.1, 0.15) is 25.0 Å². The maximum Gasteiger partial charge on any atom is 0.285 e. The molecule has 0 aliphatic heterocycles. The number of halogens is 1. The van der Waals surface area contributed by atoms with Crippen LogP contribution < -0.4 is 0 Å². The molecule has 0 aliphatic carbocycles. The molecule has 0 bridgehead atoms. The molecule has 2 aromatic rings. The van der Waals surface area contributed by atoms with Crippen LogP contribution in [0.3, 0.4) is 0 Å². The molecule has 0 radical (unpaired) electrons. The molecule has 0 fully saturated rings. The van der Waals surface area contributed by atoms with Crippen molar-refractivity contribution in [1.82, 2.24) is 0 Å². The predicted molar refractivity (Wildman–Crippen MR) is 114 cm³/mol. The monoisotopic (exact) mass is 463 g/mol. The maximum atomic E-state index is 12.8. The second kappa shape index (κ2) is 9.80. The Labute approximate surface area is 174 Å². The number of sulfonamides is 1. The van der Waals surface area contributed by atoms with Gasteiger partial charge >= 0.3 is 0 Å². The number of rotatable bonds is 7. The Morgan fingerprint density at radius 2 is 1.68 bits per heavy atom. The summed E-state index contributed by atoms with van der Waals surface area (Å²) in [6.45, 7) is 5.21. The van der Waals surface area contributed by atoms with Crippen molar-refractivity contribution in [1.29, 1.82) is 0 Å². The van der Waals surface area contributed by atoms with Crippen molar-refractivity contribution in [3.8, 4) is 0 Å². The number of ketones is 1. The summed E-state index contributed by atoms with van der Waals surface area (Å²) >= 11 is 3.28. The molecular formula is C21H22BrNO4S. The average Bonchev–Trinajstić information content (AvgIpc) is 2.66. The van der Waals surface area contributed by atoms with E-state index in [4.69, 9.17) is 4.74 Å². The first-order chi connectivity index (χ1) is 13.2. The molecule has 0 aromatic heterocycles. The molecule has 28 heavy (non-hydrogen) atoms. The van der Waals surface area contributed by atoms with Gasteiger partial charge in [-0.3, -0.25) is 4.79 Å². The van der Waals surface area contributed by atoms with Crippen LogP contribution in [0, 0.1) is 6.92 Å². The Bertz CT molecular complexity index is 994. The molecule has 0 N–H and O–H groups in total. The van der Waals surface area contributed by atoms with Crippen molar-refractivity contribution in [2.24, 2.45) is 4.40 Å². The Balaban J connectivity index is 2.57. The van der Waals surface area contributed by atoms with Crippen LogP contribution in [0.5, 0.6) is 0 Å². The summed E-state index contributed by atoms with van der Waals surface area (Å²) in [6.07, 6.45) is 0.295. The molecule has 0 aliphatic rings. The highest BCUT2D eigenvalue weighted by molar-refractivity contribution is 9.12. The summed E-state index contributed by atoms with van der Waals surface area (Å²) in [6, 6.07) is 15.8. The molecule has 5 nitrogen and oxygen atoms in total. The highest BCUT2D eigenvalue weighted by Gasteiger charge is 2.22. The van der Waals surface area contributed by atoms with Gasteiger partial charge in [0.25, 0.3) is 10.0 Å². The van der Waals surface area contributed by atoms with E-state index in [0.717, 1.165) is 11.1 Å². The van der Waals surface area contributed by atoms with E-state index in [1.165, 1.54) is 19.1 Å². The second-order valence-corrected chi connectivity index (χ2v) is 8.53. The first-order valence-corrected chi connectivity index (χ1v) is 11.0. The van der Waals surface area contributed by atoms with Gasteiger partial charge in [0.1, 0.15) is 0 Å². The lowest BCUT2D eigenvalue weighted by atomic mass is 10.0. The number of Topliss-reactive ketones (excluding diaryl/α,β-unsaturated/α-hetero) is 1. The number of hydrogen-bond donors (Lipinski definition) is 0. The zero-order valence-electron chi connectivity index (χ0n) is 16.0. The van der Waals surface area contributed by atoms with Crippen molar-refractivity contribution < 1.29 is 17.9 Å². The van der Waals surface area contributed by atoms with Gasteiger partial charge in [0, 0.05) is 12.0 Å². The Morgan fingerprint density at radius 1 is 1.07 bits per heavy atom. The van der Waals surface area contributed by atoms with Crippen LogP contribution in [-0.4, -0.2) is 26.7 Å². The second-order valence-electron chi connectivity index (χ2n) is 6.13. The summed E-state index contributed by atoms with van der Waals surface area (Å²) in [4.78, 5) is 12.1. The number of nitrogens with zero attached hydrogens (tertiary/aromatic N) is 1. The smallest absolute Gasteiger partial charge is 0.285 e. The fourth-order valence-corrected chi connectivity index (χ4v) is 3.71. The molecule has 0 saturated heterocycles. The van der Waals surface area contributed by atoms with Gasteiger partial charge in [-0.25, -0.2) is 0 Å². The highest BCUT2D eigenvalue weighted by Crippen LogP contribution is 2.23. The summed E-state index contributed by atoms with van der Waals surface area (Å²) < 4.78 is 35.3. The number of carbonyl (C=O) groups is 1. The van der Waals surface area contributed by atoms with Gasteiger partial charge in [0.05, 0.1) is 16.0 Å². The lowest BCUT2D eigenvalue weighted by molar-refractivity contribution is -0.112. The standard InChI is InChI=1S/C21H22BrNO4S/c1-4-27-21(23-28(25,26)18-12-10-15(2)11-13-18)19(20(22)16(3)24)14-17-8-6-5-7-9-17/h5-13H,4,14H2,1-3H3/b20-19+,23-21-. The Kier molecular flexibility index (Phi) is 7.71. The van der Waals surface area contributed by atoms with Crippen LogP contribution in [0.25, 0.3) is 0 Å². The topological polar surface area (TPSA) is 72.8 Å². The largest absolute Gasteiger partial charge is 0.477 e. The first kappa shape index (κ1) is 22.0. The number of carbonyl (C=O) groups excluding carboxylic acids is 1. The van der Waals surface area contributed by atoms with Crippen molar-refractivity contribution in [3.63, 3.8) is 0 Å². The number of allylic oxidation sites excluding steroid dienone is 1. The van der Waals surface area contributed by atoms with Crippen molar-refractivity contribution >= 4 is 37.6 Å². The lowest BCUT2D eigenvalue weighted by Gasteiger charge is -2.14. The third-order valence-corrected chi connectivity index (χ3v) is 6.17. The van der Waals surface area contributed by atoms with Crippen LogP contribution in [0.4, 0.5) is 0 Å². The molecule has 0 spiro atoms. The van der Waals surface area contributed by atoms with E-state index in [-0.39, 0.29) is 27.7 Å². The minimum atomic E-state index is -4.00. The van der Waals surface area contributed by atoms with Crippen LogP contribution in [0.2, 0.25) is 0 Å². The van der Waals surface area contributed by atoms with Crippen LogP contribution in [-0.2, 0) is 26.0 Å². The number of aryl methyl sites for hydroxylation is 1. The fourth-order valence-electron chi connectivity index (χ4n) is 2.44. The predicted octanol–water partition coefficient (Wildman–Crippen LogP) is 4.60. The van der Waals surface area contributed by atoms with Gasteiger partial charge in [-0.2, -0.15) is 8.42 Å². The van der Waals surface area contributed by atoms with Gasteiger partial charge in [-0.1, -0.05) is 48.0 Å². The van der Waals surface area contributed by atoms with E-state index < -0.39 is 10.0 Å². The van der Waals surface area contributed by atoms with E-state index in [1.54, 1.807) is 19.1 Å². The highest BCUT2D eigenvalue weighted by atomic mass is 79.9.